The van der Waals surface area contributed by atoms with Gasteiger partial charge in [-0.3, -0.25) is 24.1 Å². The maximum absolute atomic E-state index is 11.6. The van der Waals surface area contributed by atoms with Crippen molar-refractivity contribution in [3.8, 4) is 0 Å². The number of aliphatic carboxylic acids is 4. The van der Waals surface area contributed by atoms with Gasteiger partial charge in [-0.25, -0.2) is 0 Å². The van der Waals surface area contributed by atoms with E-state index in [-0.39, 0.29) is 19.6 Å². The van der Waals surface area contributed by atoms with Crippen molar-refractivity contribution >= 4 is 23.9 Å². The van der Waals surface area contributed by atoms with Gasteiger partial charge in [-0.05, 0) is 5.92 Å². The van der Waals surface area contributed by atoms with Crippen LogP contribution in [0.15, 0.2) is 0 Å². The predicted molar refractivity (Wildman–Crippen MR) is 98.8 cm³/mol. The van der Waals surface area contributed by atoms with Crippen molar-refractivity contribution in [1.82, 2.24) is 4.90 Å². The summed E-state index contributed by atoms with van der Waals surface area (Å²) in [5.41, 5.74) is 15.8. The highest BCUT2D eigenvalue weighted by molar-refractivity contribution is 5.73. The molecule has 0 bridgehead atoms. The van der Waals surface area contributed by atoms with Crippen molar-refractivity contribution in [2.24, 2.45) is 28.5 Å². The molecule has 0 aliphatic rings. The van der Waals surface area contributed by atoms with E-state index in [0.29, 0.717) is 0 Å². The first-order valence-corrected chi connectivity index (χ1v) is 8.81. The zero-order valence-corrected chi connectivity index (χ0v) is 15.9. The third kappa shape index (κ3) is 8.70. The molecule has 0 heterocycles. The van der Waals surface area contributed by atoms with Crippen LogP contribution in [0.4, 0.5) is 0 Å². The molecular formula is C16H30N4O9. The smallest absolute Gasteiger partial charge is 0.317 e. The molecule has 0 spiro atoms. The molecule has 13 nitrogen and oxygen atoms in total. The number of nitrogens with zero attached hydrogens (tertiary/aromatic N) is 1. The van der Waals surface area contributed by atoms with E-state index >= 15 is 0 Å². The molecule has 0 aliphatic heterocycles. The normalized spacial score (nSPS) is 14.9. The minimum atomic E-state index is -1.83. The largest absolute Gasteiger partial charge is 0.481 e. The topological polar surface area (TPSA) is 251 Å². The molecule has 168 valence electrons. The molecule has 0 aromatic rings. The summed E-state index contributed by atoms with van der Waals surface area (Å²) in [6.07, 6.45) is -2.30. The van der Waals surface area contributed by atoms with Crippen LogP contribution in [0.1, 0.15) is 19.3 Å². The van der Waals surface area contributed by atoms with Crippen molar-refractivity contribution in [2.75, 3.05) is 32.8 Å². The SMILES string of the molecule is NCC(N)C(CC(=O)O)C(CC(=O)O)(CC(=O)O)C(N)CN(CCO)CC(=O)O. The molecule has 29 heavy (non-hydrogen) atoms. The minimum Gasteiger partial charge on any atom is -0.481 e. The van der Waals surface area contributed by atoms with Gasteiger partial charge in [-0.1, -0.05) is 0 Å². The van der Waals surface area contributed by atoms with E-state index in [2.05, 4.69) is 0 Å². The summed E-state index contributed by atoms with van der Waals surface area (Å²) in [7, 11) is 0. The van der Waals surface area contributed by atoms with Crippen LogP contribution in [0.2, 0.25) is 0 Å². The molecule has 13 heteroatoms. The van der Waals surface area contributed by atoms with Gasteiger partial charge in [0.25, 0.3) is 0 Å². The number of hydrogen-bond donors (Lipinski definition) is 8. The fourth-order valence-electron chi connectivity index (χ4n) is 3.59. The van der Waals surface area contributed by atoms with Crippen molar-refractivity contribution in [3.05, 3.63) is 0 Å². The van der Waals surface area contributed by atoms with E-state index in [4.69, 9.17) is 27.4 Å². The maximum atomic E-state index is 11.6. The molecule has 0 aromatic heterocycles. The van der Waals surface area contributed by atoms with Crippen LogP contribution in [-0.4, -0.2) is 99.2 Å². The molecule has 0 radical (unpaired) electrons. The van der Waals surface area contributed by atoms with Crippen LogP contribution in [0.25, 0.3) is 0 Å². The summed E-state index contributed by atoms with van der Waals surface area (Å²) in [6, 6.07) is -2.36. The highest BCUT2D eigenvalue weighted by Crippen LogP contribution is 2.42. The van der Waals surface area contributed by atoms with Gasteiger partial charge in [0.15, 0.2) is 0 Å². The fraction of sp³-hybridized carbons (Fsp3) is 0.750. The number of nitrogens with two attached hydrogens (primary N) is 3. The summed E-state index contributed by atoms with van der Waals surface area (Å²) < 4.78 is 0. The van der Waals surface area contributed by atoms with E-state index in [1.807, 2.05) is 0 Å². The molecule has 0 aromatic carbocycles. The number of carbonyl (C=O) groups is 4. The van der Waals surface area contributed by atoms with E-state index < -0.39 is 79.7 Å². The Bertz CT molecular complexity index is 571. The summed E-state index contributed by atoms with van der Waals surface area (Å²) in [5, 5.41) is 46.2. The highest BCUT2D eigenvalue weighted by Gasteiger charge is 2.50. The van der Waals surface area contributed by atoms with E-state index in [0.717, 1.165) is 0 Å². The molecular weight excluding hydrogens is 392 g/mol. The van der Waals surface area contributed by atoms with Gasteiger partial charge in [-0.2, -0.15) is 0 Å². The second kappa shape index (κ2) is 12.3. The summed E-state index contributed by atoms with van der Waals surface area (Å²) in [5.74, 6) is -6.65. The average Bonchev–Trinajstić information content (AvgIpc) is 2.56. The molecule has 0 rings (SSSR count). The summed E-state index contributed by atoms with van der Waals surface area (Å²) in [6.45, 7) is -1.65. The lowest BCUT2D eigenvalue weighted by molar-refractivity contribution is -0.152. The Kier molecular flexibility index (Phi) is 11.3. The number of hydrogen-bond acceptors (Lipinski definition) is 9. The van der Waals surface area contributed by atoms with Crippen LogP contribution in [0.3, 0.4) is 0 Å². The Balaban J connectivity index is 6.30. The Labute approximate surface area is 167 Å². The number of rotatable bonds is 16. The number of aliphatic hydroxyl groups excluding tert-OH is 1. The fourth-order valence-corrected chi connectivity index (χ4v) is 3.59. The van der Waals surface area contributed by atoms with E-state index in [1.54, 1.807) is 0 Å². The predicted octanol–water partition coefficient (Wildman–Crippen LogP) is -2.99. The van der Waals surface area contributed by atoms with E-state index in [1.165, 1.54) is 4.90 Å². The zero-order chi connectivity index (χ0) is 22.8. The van der Waals surface area contributed by atoms with Crippen molar-refractivity contribution < 1.29 is 44.7 Å². The van der Waals surface area contributed by atoms with E-state index in [9.17, 15) is 34.5 Å². The Morgan fingerprint density at radius 1 is 0.897 bits per heavy atom. The lowest BCUT2D eigenvalue weighted by Crippen LogP contribution is -2.60. The van der Waals surface area contributed by atoms with Crippen LogP contribution in [0.5, 0.6) is 0 Å². The molecule has 3 unspecified atom stereocenters. The maximum Gasteiger partial charge on any atom is 0.317 e. The zero-order valence-electron chi connectivity index (χ0n) is 15.9. The Morgan fingerprint density at radius 2 is 1.41 bits per heavy atom. The average molecular weight is 422 g/mol. The summed E-state index contributed by atoms with van der Waals surface area (Å²) >= 11 is 0. The lowest BCUT2D eigenvalue weighted by atomic mass is 9.62. The summed E-state index contributed by atoms with van der Waals surface area (Å²) in [4.78, 5) is 46.8. The third-order valence-corrected chi connectivity index (χ3v) is 4.85. The van der Waals surface area contributed by atoms with Crippen LogP contribution in [-0.2, 0) is 19.2 Å². The standard InChI is InChI=1S/C16H30N4O9/c17-6-10(18)9(3-12(22)23)16(4-13(24)25,5-14(26)27)11(19)7-20(1-2-21)8-15(28)29/h9-11,21H,1-8,17-19H2,(H,22,23)(H,24,25)(H,26,27)(H,28,29). The van der Waals surface area contributed by atoms with Gasteiger partial charge in [0, 0.05) is 37.1 Å². The monoisotopic (exact) mass is 422 g/mol. The second-order valence-corrected chi connectivity index (χ2v) is 6.94. The van der Waals surface area contributed by atoms with Crippen molar-refractivity contribution in [1.29, 1.82) is 0 Å². The van der Waals surface area contributed by atoms with Gasteiger partial charge in [-0.15, -0.1) is 0 Å². The number of aliphatic hydroxyl groups is 1. The van der Waals surface area contributed by atoms with Crippen LogP contribution >= 0.6 is 0 Å². The lowest BCUT2D eigenvalue weighted by Gasteiger charge is -2.46. The molecule has 11 N–H and O–H groups in total. The van der Waals surface area contributed by atoms with Gasteiger partial charge in [0.05, 0.1) is 32.4 Å². The van der Waals surface area contributed by atoms with Crippen LogP contribution in [0, 0.1) is 11.3 Å². The van der Waals surface area contributed by atoms with Gasteiger partial charge >= 0.3 is 23.9 Å². The molecule has 0 saturated carbocycles. The highest BCUT2D eigenvalue weighted by atomic mass is 16.4. The number of carboxylic acid groups (broad SMARTS) is 4. The molecule has 0 aliphatic carbocycles. The van der Waals surface area contributed by atoms with Gasteiger partial charge < -0.3 is 42.7 Å². The van der Waals surface area contributed by atoms with Gasteiger partial charge in [0.1, 0.15) is 0 Å². The third-order valence-electron chi connectivity index (χ3n) is 4.85. The Hall–Kier alpha value is -2.32. The Morgan fingerprint density at radius 3 is 1.76 bits per heavy atom. The van der Waals surface area contributed by atoms with Gasteiger partial charge in [0.2, 0.25) is 0 Å². The first-order chi connectivity index (χ1) is 13.4. The van der Waals surface area contributed by atoms with Crippen LogP contribution < -0.4 is 17.2 Å². The first kappa shape index (κ1) is 26.7. The first-order valence-electron chi connectivity index (χ1n) is 8.81. The molecule has 0 saturated heterocycles. The molecule has 0 amide bonds. The number of carboxylic acids is 4. The minimum absolute atomic E-state index is 0.122. The molecule has 3 atom stereocenters. The second-order valence-electron chi connectivity index (χ2n) is 6.94. The quantitative estimate of drug-likeness (QED) is 0.124. The van der Waals surface area contributed by atoms with Crippen molar-refractivity contribution in [3.63, 3.8) is 0 Å². The molecule has 0 fully saturated rings. The van der Waals surface area contributed by atoms with Crippen molar-refractivity contribution in [2.45, 2.75) is 31.3 Å².